The molecule has 1 aromatic heterocycles. The van der Waals surface area contributed by atoms with Gasteiger partial charge in [0, 0.05) is 0 Å². The second-order valence-electron chi connectivity index (χ2n) is 4.56. The fraction of sp³-hybridized carbons (Fsp3) is 0.857. The SMILES string of the molecule is CCCCCCCCCCCCS.c1cn[nH]n1. The van der Waals surface area contributed by atoms with E-state index in [0.717, 1.165) is 5.75 Å². The molecule has 0 aliphatic carbocycles. The van der Waals surface area contributed by atoms with Crippen LogP contribution in [0, 0.1) is 0 Å². The van der Waals surface area contributed by atoms with Crippen molar-refractivity contribution >= 4 is 12.6 Å². The predicted octanol–water partition coefficient (Wildman–Crippen LogP) is 4.64. The van der Waals surface area contributed by atoms with Crippen LogP contribution in [0.5, 0.6) is 0 Å². The molecule has 1 heterocycles. The smallest absolute Gasteiger partial charge is 0.0690 e. The van der Waals surface area contributed by atoms with Crippen LogP contribution in [0.4, 0.5) is 0 Å². The normalized spacial score (nSPS) is 9.89. The Labute approximate surface area is 118 Å². The minimum absolute atomic E-state index is 1.07. The molecule has 1 aromatic rings. The molecule has 106 valence electrons. The average Bonchev–Trinajstić information content (AvgIpc) is 2.96. The van der Waals surface area contributed by atoms with Gasteiger partial charge in [-0.25, -0.2) is 0 Å². The van der Waals surface area contributed by atoms with E-state index < -0.39 is 0 Å². The van der Waals surface area contributed by atoms with E-state index in [-0.39, 0.29) is 0 Å². The fourth-order valence-electron chi connectivity index (χ4n) is 1.77. The monoisotopic (exact) mass is 271 g/mol. The van der Waals surface area contributed by atoms with Crippen molar-refractivity contribution in [1.29, 1.82) is 0 Å². The zero-order valence-corrected chi connectivity index (χ0v) is 12.7. The van der Waals surface area contributed by atoms with Crippen molar-refractivity contribution in [3.05, 3.63) is 12.4 Å². The highest BCUT2D eigenvalue weighted by atomic mass is 32.1. The maximum absolute atomic E-state index is 4.20. The van der Waals surface area contributed by atoms with Crippen LogP contribution in [-0.2, 0) is 0 Å². The van der Waals surface area contributed by atoms with Crippen LogP contribution >= 0.6 is 12.6 Å². The summed E-state index contributed by atoms with van der Waals surface area (Å²) in [5.74, 6) is 1.07. The highest BCUT2D eigenvalue weighted by Crippen LogP contribution is 2.10. The lowest BCUT2D eigenvalue weighted by Crippen LogP contribution is -1.81. The van der Waals surface area contributed by atoms with Gasteiger partial charge in [0.1, 0.15) is 0 Å². The molecule has 0 aromatic carbocycles. The third-order valence-corrected chi connectivity index (χ3v) is 3.16. The highest BCUT2D eigenvalue weighted by Gasteiger charge is 1.91. The fourth-order valence-corrected chi connectivity index (χ4v) is 1.99. The van der Waals surface area contributed by atoms with Crippen LogP contribution in [0.3, 0.4) is 0 Å². The van der Waals surface area contributed by atoms with Gasteiger partial charge >= 0.3 is 0 Å². The topological polar surface area (TPSA) is 41.6 Å². The molecular formula is C14H29N3S. The third kappa shape index (κ3) is 15.5. The summed E-state index contributed by atoms with van der Waals surface area (Å²) in [6, 6.07) is 0. The Hall–Kier alpha value is -0.510. The number of rotatable bonds is 10. The summed E-state index contributed by atoms with van der Waals surface area (Å²) in [7, 11) is 0. The van der Waals surface area contributed by atoms with E-state index in [2.05, 4.69) is 35.0 Å². The summed E-state index contributed by atoms with van der Waals surface area (Å²) >= 11 is 4.20. The number of nitrogens with zero attached hydrogens (tertiary/aromatic N) is 2. The molecule has 0 unspecified atom stereocenters. The lowest BCUT2D eigenvalue weighted by atomic mass is 10.1. The molecule has 0 fully saturated rings. The summed E-state index contributed by atoms with van der Waals surface area (Å²) < 4.78 is 0. The lowest BCUT2D eigenvalue weighted by Gasteiger charge is -2.00. The zero-order chi connectivity index (χ0) is 13.3. The molecule has 0 aliphatic heterocycles. The summed E-state index contributed by atoms with van der Waals surface area (Å²) in [6.07, 6.45) is 17.3. The van der Waals surface area contributed by atoms with Crippen molar-refractivity contribution in [3.63, 3.8) is 0 Å². The Bertz CT molecular complexity index is 188. The van der Waals surface area contributed by atoms with Crippen molar-refractivity contribution in [3.8, 4) is 0 Å². The maximum atomic E-state index is 4.20. The summed E-state index contributed by atoms with van der Waals surface area (Å²) in [4.78, 5) is 0. The van der Waals surface area contributed by atoms with Gasteiger partial charge in [-0.05, 0) is 12.2 Å². The molecule has 1 rings (SSSR count). The van der Waals surface area contributed by atoms with Crippen molar-refractivity contribution in [2.24, 2.45) is 0 Å². The van der Waals surface area contributed by atoms with Crippen LogP contribution < -0.4 is 0 Å². The minimum Gasteiger partial charge on any atom is -0.198 e. The van der Waals surface area contributed by atoms with Crippen molar-refractivity contribution in [2.75, 3.05) is 5.75 Å². The van der Waals surface area contributed by atoms with Gasteiger partial charge in [0.2, 0.25) is 0 Å². The first-order valence-corrected chi connectivity index (χ1v) is 7.95. The first kappa shape index (κ1) is 17.5. The van der Waals surface area contributed by atoms with E-state index in [1.165, 1.54) is 64.2 Å². The van der Waals surface area contributed by atoms with Gasteiger partial charge in [0.15, 0.2) is 0 Å². The van der Waals surface area contributed by atoms with Gasteiger partial charge < -0.3 is 0 Å². The first-order chi connectivity index (χ1) is 8.91. The number of hydrogen-bond acceptors (Lipinski definition) is 3. The Kier molecular flexibility index (Phi) is 16.0. The Balaban J connectivity index is 0.000000473. The minimum atomic E-state index is 1.07. The maximum Gasteiger partial charge on any atom is 0.0690 e. The third-order valence-electron chi connectivity index (χ3n) is 2.84. The molecule has 0 saturated carbocycles. The van der Waals surface area contributed by atoms with E-state index >= 15 is 0 Å². The number of nitrogens with one attached hydrogen (secondary N) is 1. The summed E-state index contributed by atoms with van der Waals surface area (Å²) in [6.45, 7) is 2.28. The molecule has 0 spiro atoms. The molecule has 3 nitrogen and oxygen atoms in total. The van der Waals surface area contributed by atoms with E-state index in [4.69, 9.17) is 0 Å². The number of thiol groups is 1. The van der Waals surface area contributed by atoms with Gasteiger partial charge in [0.25, 0.3) is 0 Å². The molecule has 0 atom stereocenters. The molecule has 0 aliphatic rings. The van der Waals surface area contributed by atoms with Gasteiger partial charge in [0.05, 0.1) is 12.4 Å². The van der Waals surface area contributed by atoms with Crippen molar-refractivity contribution in [1.82, 2.24) is 15.4 Å². The summed E-state index contributed by atoms with van der Waals surface area (Å²) in [5.41, 5.74) is 0. The standard InChI is InChI=1S/C12H26S.C2H3N3/c1-2-3-4-5-6-7-8-9-10-11-12-13;1-2-4-5-3-1/h13H,2-12H2,1H3;1-2H,(H,3,4,5). The second kappa shape index (κ2) is 16.5. The molecule has 18 heavy (non-hydrogen) atoms. The van der Waals surface area contributed by atoms with Crippen LogP contribution in [-0.4, -0.2) is 21.2 Å². The molecular weight excluding hydrogens is 242 g/mol. The largest absolute Gasteiger partial charge is 0.198 e. The number of aromatic nitrogens is 3. The van der Waals surface area contributed by atoms with E-state index in [9.17, 15) is 0 Å². The van der Waals surface area contributed by atoms with Crippen LogP contribution in [0.1, 0.15) is 71.1 Å². The number of hydrogen-bond donors (Lipinski definition) is 2. The number of unbranched alkanes of at least 4 members (excludes halogenated alkanes) is 9. The highest BCUT2D eigenvalue weighted by molar-refractivity contribution is 7.80. The Morgan fingerprint density at radius 3 is 1.56 bits per heavy atom. The van der Waals surface area contributed by atoms with Crippen LogP contribution in [0.25, 0.3) is 0 Å². The predicted molar refractivity (Wildman–Crippen MR) is 82.1 cm³/mol. The quantitative estimate of drug-likeness (QED) is 0.481. The lowest BCUT2D eigenvalue weighted by molar-refractivity contribution is 0.563. The molecule has 1 N–H and O–H groups in total. The molecule has 4 heteroatoms. The molecule has 0 amide bonds. The van der Waals surface area contributed by atoms with Crippen LogP contribution in [0.2, 0.25) is 0 Å². The van der Waals surface area contributed by atoms with Crippen molar-refractivity contribution in [2.45, 2.75) is 71.1 Å². The van der Waals surface area contributed by atoms with Crippen LogP contribution in [0.15, 0.2) is 12.4 Å². The molecule has 0 bridgehead atoms. The van der Waals surface area contributed by atoms with E-state index in [1.54, 1.807) is 12.4 Å². The van der Waals surface area contributed by atoms with Gasteiger partial charge in [-0.1, -0.05) is 64.7 Å². The zero-order valence-electron chi connectivity index (χ0n) is 11.8. The Morgan fingerprint density at radius 2 is 1.22 bits per heavy atom. The molecule has 0 radical (unpaired) electrons. The second-order valence-corrected chi connectivity index (χ2v) is 5.01. The van der Waals surface area contributed by atoms with Gasteiger partial charge in [-0.15, -0.1) is 0 Å². The molecule has 0 saturated heterocycles. The number of aromatic amines is 1. The van der Waals surface area contributed by atoms with E-state index in [1.807, 2.05) is 0 Å². The van der Waals surface area contributed by atoms with Gasteiger partial charge in [-0.2, -0.15) is 28.0 Å². The number of H-pyrrole nitrogens is 1. The van der Waals surface area contributed by atoms with Crippen molar-refractivity contribution < 1.29 is 0 Å². The summed E-state index contributed by atoms with van der Waals surface area (Å²) in [5, 5.41) is 9.33. The van der Waals surface area contributed by atoms with E-state index in [0.29, 0.717) is 0 Å². The first-order valence-electron chi connectivity index (χ1n) is 7.32. The Morgan fingerprint density at radius 1 is 0.778 bits per heavy atom. The average molecular weight is 271 g/mol. The van der Waals surface area contributed by atoms with Gasteiger partial charge in [-0.3, -0.25) is 0 Å².